The van der Waals surface area contributed by atoms with Gasteiger partial charge in [-0.3, -0.25) is 24.1 Å². The molecule has 2 saturated heterocycles. The number of nitrogens with one attached hydrogen (secondary N) is 2. The molecular weight excluding hydrogens is 1260 g/mol. The number of aliphatic hydroxyl groups is 4. The summed E-state index contributed by atoms with van der Waals surface area (Å²) in [6.45, 7) is 14.6. The second kappa shape index (κ2) is 39.2. The van der Waals surface area contributed by atoms with Gasteiger partial charge in [-0.1, -0.05) is 91.3 Å². The molecule has 28 nitrogen and oxygen atoms in total. The molecule has 29 heteroatoms. The number of hydrazine groups is 1. The van der Waals surface area contributed by atoms with Crippen LogP contribution in [0.1, 0.15) is 90.2 Å². The molecule has 534 valence electrons. The number of rotatable bonds is 40. The average molecular weight is 1360 g/mol. The van der Waals surface area contributed by atoms with Crippen LogP contribution in [-0.4, -0.2) is 249 Å². The summed E-state index contributed by atoms with van der Waals surface area (Å²) in [5, 5.41) is 59.3. The van der Waals surface area contributed by atoms with Gasteiger partial charge in [0, 0.05) is 75.1 Å². The lowest BCUT2D eigenvalue weighted by molar-refractivity contribution is -0.277. The van der Waals surface area contributed by atoms with Crippen LogP contribution in [0.2, 0.25) is 0 Å². The molecular formula is C66H104N8O20S. The number of thiophene rings is 1. The highest BCUT2D eigenvalue weighted by molar-refractivity contribution is 7.19. The molecule has 0 saturated carbocycles. The Bertz CT molecular complexity index is 2920. The Kier molecular flexibility index (Phi) is 32.7. The van der Waals surface area contributed by atoms with Gasteiger partial charge in [0.2, 0.25) is 29.9 Å². The van der Waals surface area contributed by atoms with E-state index in [9.17, 15) is 54.3 Å². The fourth-order valence-corrected chi connectivity index (χ4v) is 13.1. The van der Waals surface area contributed by atoms with Gasteiger partial charge in [-0.25, -0.2) is 15.4 Å². The summed E-state index contributed by atoms with van der Waals surface area (Å²) in [6.07, 6.45) is -7.11. The van der Waals surface area contributed by atoms with Crippen molar-refractivity contribution < 1.29 is 96.9 Å². The first-order valence-corrected chi connectivity index (χ1v) is 33.1. The smallest absolute Gasteiger partial charge is 0.410 e. The third kappa shape index (κ3) is 22.4. The predicted molar refractivity (Wildman–Crippen MR) is 352 cm³/mol. The van der Waals surface area contributed by atoms with Crippen molar-refractivity contribution in [1.29, 1.82) is 0 Å². The van der Waals surface area contributed by atoms with Gasteiger partial charge in [0.05, 0.1) is 102 Å². The zero-order chi connectivity index (χ0) is 70.2. The molecule has 5 rings (SSSR count). The Hall–Kier alpha value is -6.32. The average Bonchev–Trinajstić information content (AvgIpc) is 1.73. The number of ether oxygens (including phenoxy) is 9. The fraction of sp³-hybridized carbons (Fsp3) is 0.667. The van der Waals surface area contributed by atoms with Crippen LogP contribution < -0.4 is 26.9 Å². The van der Waals surface area contributed by atoms with Gasteiger partial charge in [0.1, 0.15) is 54.9 Å². The summed E-state index contributed by atoms with van der Waals surface area (Å²) in [4.78, 5) is 89.4. The molecule has 2 fully saturated rings. The minimum atomic E-state index is -1.72. The van der Waals surface area contributed by atoms with E-state index in [2.05, 4.69) is 10.6 Å². The first-order valence-electron chi connectivity index (χ1n) is 32.3. The number of hydrogen-bond acceptors (Lipinski definition) is 23. The van der Waals surface area contributed by atoms with Gasteiger partial charge in [-0.15, -0.1) is 11.3 Å². The number of methoxy groups -OCH3 is 3. The van der Waals surface area contributed by atoms with Gasteiger partial charge in [-0.05, 0) is 48.3 Å². The monoisotopic (exact) mass is 1360 g/mol. The number of nitrogens with zero attached hydrogens (tertiary/aromatic N) is 4. The zero-order valence-electron chi connectivity index (χ0n) is 57.0. The van der Waals surface area contributed by atoms with Crippen molar-refractivity contribution in [2.24, 2.45) is 35.2 Å². The third-order valence-electron chi connectivity index (χ3n) is 17.3. The van der Waals surface area contributed by atoms with Crippen molar-refractivity contribution in [2.45, 2.75) is 167 Å². The molecule has 2 unspecified atom stereocenters. The highest BCUT2D eigenvalue weighted by Crippen LogP contribution is 2.39. The Labute approximate surface area is 561 Å². The number of benzene rings is 2. The van der Waals surface area contributed by atoms with Crippen LogP contribution in [0.4, 0.5) is 4.79 Å². The number of hydrogen-bond donors (Lipinski definition) is 9. The summed E-state index contributed by atoms with van der Waals surface area (Å²) >= 11 is 1.28. The number of nitrogens with two attached hydrogens (primary N) is 2. The third-order valence-corrected chi connectivity index (χ3v) is 18.5. The number of carbonyl (C=O) groups excluding carboxylic acids is 5. The van der Waals surface area contributed by atoms with Crippen molar-refractivity contribution in [2.75, 3.05) is 94.8 Å². The first-order chi connectivity index (χ1) is 45.2. The number of amides is 5. The molecule has 0 radical (unpaired) electrons. The number of carbonyl (C=O) groups is 6. The molecule has 2 aliphatic heterocycles. The number of carboxylic acids is 1. The van der Waals surface area contributed by atoms with Crippen LogP contribution in [0.25, 0.3) is 10.1 Å². The summed E-state index contributed by atoms with van der Waals surface area (Å²) in [7, 11) is 7.57. The van der Waals surface area contributed by atoms with E-state index in [1.54, 1.807) is 96.1 Å². The first kappa shape index (κ1) is 79.4. The minimum Gasteiger partial charge on any atom is -0.480 e. The Morgan fingerprint density at radius 2 is 1.49 bits per heavy atom. The normalized spacial score (nSPS) is 20.9. The summed E-state index contributed by atoms with van der Waals surface area (Å²) in [5.74, 6) is 1.51. The van der Waals surface area contributed by atoms with E-state index in [0.29, 0.717) is 85.1 Å². The lowest BCUT2D eigenvalue weighted by Gasteiger charge is -2.41. The molecule has 0 spiro atoms. The molecule has 2 aliphatic rings. The molecule has 0 bridgehead atoms. The van der Waals surface area contributed by atoms with E-state index >= 15 is 0 Å². The highest BCUT2D eigenvalue weighted by Gasteiger charge is 2.46. The second-order valence-electron chi connectivity index (χ2n) is 24.9. The van der Waals surface area contributed by atoms with Crippen LogP contribution in [0.15, 0.2) is 60.4 Å². The molecule has 3 aromatic rings. The van der Waals surface area contributed by atoms with Gasteiger partial charge in [0.25, 0.3) is 0 Å². The van der Waals surface area contributed by atoms with Crippen LogP contribution in [0.5, 0.6) is 5.75 Å². The van der Waals surface area contributed by atoms with Crippen LogP contribution in [-0.2, 0) is 81.4 Å². The number of fused-ring (bicyclic) bond motifs is 1. The van der Waals surface area contributed by atoms with E-state index in [1.165, 1.54) is 53.6 Å². The van der Waals surface area contributed by atoms with Gasteiger partial charge < -0.3 is 99.3 Å². The number of carboxylic acid groups (broad SMARTS) is 1. The van der Waals surface area contributed by atoms with Crippen molar-refractivity contribution in [1.82, 2.24) is 30.3 Å². The fourth-order valence-electron chi connectivity index (χ4n) is 11.9. The maximum atomic E-state index is 14.9. The van der Waals surface area contributed by atoms with E-state index < -0.39 is 127 Å². The number of aliphatic hydroxyl groups excluding tert-OH is 4. The maximum Gasteiger partial charge on any atom is 0.410 e. The van der Waals surface area contributed by atoms with Gasteiger partial charge in [0.15, 0.2) is 0 Å². The van der Waals surface area contributed by atoms with Gasteiger partial charge in [-0.2, -0.15) is 0 Å². The van der Waals surface area contributed by atoms with Crippen molar-refractivity contribution in [3.63, 3.8) is 0 Å². The van der Waals surface area contributed by atoms with Crippen LogP contribution >= 0.6 is 11.3 Å². The molecule has 14 atom stereocenters. The SMILES string of the molecule is CCC(C)[C@@H]([C@@H](CC(=O)N1CCC[C@H]1[C@H](OC)[C@@H](C)C(=O)NC(Cc1ccccc1)C(=O)O)OC)N(C)C(=O)[C@@H](NC(=O)[C@H](C(C)C)N(C)C(=O)OCc1ccc(O[C@@H]2O[C@H](CO)[C@H](O)[C@H](O)[C@H]2O)c2cc(CN(N)/C=C(\N)COCCOCCOCCOC)sc12)C(C)C. The Morgan fingerprint density at radius 3 is 2.09 bits per heavy atom. The largest absolute Gasteiger partial charge is 0.480 e. The van der Waals surface area contributed by atoms with Crippen molar-refractivity contribution in [3.8, 4) is 5.75 Å². The number of aliphatic carboxylic acids is 1. The highest BCUT2D eigenvalue weighted by atomic mass is 32.1. The topological polar surface area (TPSA) is 376 Å². The van der Waals surface area contributed by atoms with Crippen LogP contribution in [0.3, 0.4) is 0 Å². The van der Waals surface area contributed by atoms with E-state index in [0.717, 1.165) is 5.56 Å². The molecule has 95 heavy (non-hydrogen) atoms. The Morgan fingerprint density at radius 1 is 0.832 bits per heavy atom. The van der Waals surface area contributed by atoms with Crippen molar-refractivity contribution in [3.05, 3.63) is 76.4 Å². The zero-order valence-corrected chi connectivity index (χ0v) is 57.8. The second-order valence-corrected chi connectivity index (χ2v) is 26.0. The van der Waals surface area contributed by atoms with Gasteiger partial charge >= 0.3 is 12.1 Å². The summed E-state index contributed by atoms with van der Waals surface area (Å²) < 4.78 is 51.8. The van der Waals surface area contributed by atoms with E-state index in [1.807, 2.05) is 19.9 Å². The van der Waals surface area contributed by atoms with Crippen molar-refractivity contribution >= 4 is 57.1 Å². The van der Waals surface area contributed by atoms with E-state index in [4.69, 9.17) is 54.2 Å². The standard InChI is InChI=1S/C66H104N8O20S/c1-13-40(6)55(50(87-11)32-52(76)74-23-17-20-48(74)59(88-12)41(7)61(80)69-47(64(83)84)30-42-18-15-14-16-19-42)71(8)63(82)53(38(2)3)70-62(81)54(39(4)5)72(9)66(85)92-36-43-21-22-49(93-65-58(79)57(78)56(77)51(35-75)94-65)46-31-45(95-60(43)46)34-73(68)33-44(67)37-91-29-28-90-27-26-89-25-24-86-10/h14-16,18-19,21-22,31,33,38-41,47-48,50-51,53-59,65,75,77-79H,13,17,20,23-30,32,34-37,67-68H2,1-12H3,(H,69,80)(H,70,81)(H,83,84)/b44-33-/t40?,41-,47?,48+,50-,51-,53+,54+,55+,56+,57+,58-,59-,65-/m1/s1. The minimum absolute atomic E-state index is 0.0592. The molecule has 0 aliphatic carbocycles. The number of likely N-dealkylation sites (tertiary alicyclic amines) is 1. The van der Waals surface area contributed by atoms with E-state index in [-0.39, 0.29) is 56.8 Å². The lowest BCUT2D eigenvalue weighted by atomic mass is 9.89. The predicted octanol–water partition coefficient (Wildman–Crippen LogP) is 2.72. The molecule has 1 aromatic heterocycles. The van der Waals surface area contributed by atoms with Crippen LogP contribution in [0, 0.1) is 23.7 Å². The number of likely N-dealkylation sites (N-methyl/N-ethyl adjacent to an activating group) is 2. The summed E-state index contributed by atoms with van der Waals surface area (Å²) in [5.41, 5.74) is 7.82. The maximum absolute atomic E-state index is 14.9. The molecule has 3 heterocycles. The Balaban J connectivity index is 1.29. The molecule has 2 aromatic carbocycles. The molecule has 5 amide bonds. The quantitative estimate of drug-likeness (QED) is 0.0224. The molecule has 11 N–H and O–H groups in total. The lowest BCUT2D eigenvalue weighted by Crippen LogP contribution is -2.60. The summed E-state index contributed by atoms with van der Waals surface area (Å²) in [6, 6.07) is 9.27.